The lowest BCUT2D eigenvalue weighted by molar-refractivity contribution is 0.0469. The van der Waals surface area contributed by atoms with Gasteiger partial charge in [0.05, 0.1) is 16.1 Å². The van der Waals surface area contributed by atoms with Gasteiger partial charge in [-0.1, -0.05) is 6.07 Å². The molecule has 0 aliphatic carbocycles. The van der Waals surface area contributed by atoms with Crippen LogP contribution in [0, 0.1) is 0 Å². The molecule has 0 aliphatic rings. The highest BCUT2D eigenvalue weighted by Gasteiger charge is 2.12. The molecule has 0 saturated heterocycles. The van der Waals surface area contributed by atoms with Crippen LogP contribution in [-0.4, -0.2) is 20.7 Å². The average molecular weight is 300 g/mol. The zero-order chi connectivity index (χ0) is 14.7. The molecule has 0 unspecified atom stereocenters. The van der Waals surface area contributed by atoms with Crippen molar-refractivity contribution in [2.45, 2.75) is 6.61 Å². The van der Waals surface area contributed by atoms with E-state index in [4.69, 9.17) is 10.5 Å². The number of nitrogen functional groups attached to an aromatic ring is 1. The average Bonchev–Trinajstić information content (AvgIpc) is 3.16. The lowest BCUT2D eigenvalue weighted by Gasteiger charge is -2.02. The molecule has 106 valence electrons. The molecule has 6 nitrogen and oxygen atoms in total. The zero-order valence-electron chi connectivity index (χ0n) is 11.0. The first-order valence-electron chi connectivity index (χ1n) is 6.18. The molecule has 2 N–H and O–H groups in total. The van der Waals surface area contributed by atoms with Crippen molar-refractivity contribution in [1.82, 2.24) is 14.8 Å². The predicted octanol–water partition coefficient (Wildman–Crippen LogP) is 2.27. The van der Waals surface area contributed by atoms with Gasteiger partial charge in [-0.3, -0.25) is 4.98 Å². The van der Waals surface area contributed by atoms with E-state index in [0.717, 1.165) is 10.6 Å². The first-order chi connectivity index (χ1) is 10.2. The Morgan fingerprint density at radius 1 is 1.38 bits per heavy atom. The Bertz CT molecular complexity index is 752. The zero-order valence-corrected chi connectivity index (χ0v) is 11.8. The van der Waals surface area contributed by atoms with Crippen LogP contribution in [0.1, 0.15) is 15.4 Å². The van der Waals surface area contributed by atoms with Crippen molar-refractivity contribution >= 4 is 23.0 Å². The van der Waals surface area contributed by atoms with E-state index in [-0.39, 0.29) is 12.3 Å². The summed E-state index contributed by atoms with van der Waals surface area (Å²) in [7, 11) is 0. The normalized spacial score (nSPS) is 10.5. The monoisotopic (exact) mass is 300 g/mol. The molecule has 7 heteroatoms. The van der Waals surface area contributed by atoms with Crippen molar-refractivity contribution in [3.05, 3.63) is 58.8 Å². The minimum Gasteiger partial charge on any atom is -0.455 e. The topological polar surface area (TPSA) is 83.0 Å². The molecule has 0 spiro atoms. The number of nitrogens with zero attached hydrogens (tertiary/aromatic N) is 3. The maximum Gasteiger partial charge on any atom is 0.359 e. The number of ether oxygens (including phenoxy) is 1. The fourth-order valence-corrected chi connectivity index (χ4v) is 2.27. The van der Waals surface area contributed by atoms with Crippen molar-refractivity contribution in [3.8, 4) is 5.69 Å². The first kappa shape index (κ1) is 13.3. The number of rotatable bonds is 4. The number of thiazole rings is 1. The van der Waals surface area contributed by atoms with Gasteiger partial charge in [0.25, 0.3) is 0 Å². The first-order valence-corrected chi connectivity index (χ1v) is 7.06. The van der Waals surface area contributed by atoms with Crippen molar-refractivity contribution in [2.24, 2.45) is 0 Å². The van der Waals surface area contributed by atoms with E-state index in [1.54, 1.807) is 40.8 Å². The van der Waals surface area contributed by atoms with Crippen molar-refractivity contribution < 1.29 is 9.53 Å². The number of aromatic nitrogens is 3. The van der Waals surface area contributed by atoms with Crippen LogP contribution >= 0.6 is 11.3 Å². The largest absolute Gasteiger partial charge is 0.455 e. The lowest BCUT2D eigenvalue weighted by Crippen LogP contribution is -2.06. The molecular weight excluding hydrogens is 288 g/mol. The summed E-state index contributed by atoms with van der Waals surface area (Å²) in [5, 5.41) is 4.20. The number of esters is 1. The summed E-state index contributed by atoms with van der Waals surface area (Å²) in [5.74, 6) is -0.467. The minimum absolute atomic E-state index is 0.203. The van der Waals surface area contributed by atoms with Crippen LogP contribution in [0.3, 0.4) is 0 Å². The standard InChI is InChI=1S/C14H12N4O2S/c15-10-2-1-3-11(6-10)18-5-4-13(17-18)14(19)20-8-12-7-16-9-21-12/h1-7,9H,8,15H2. The molecule has 0 bridgehead atoms. The summed E-state index contributed by atoms with van der Waals surface area (Å²) in [5.41, 5.74) is 9.10. The van der Waals surface area contributed by atoms with Gasteiger partial charge in [0.1, 0.15) is 6.61 Å². The second-order valence-corrected chi connectivity index (χ2v) is 5.26. The second-order valence-electron chi connectivity index (χ2n) is 4.28. The third kappa shape index (κ3) is 3.09. The predicted molar refractivity (Wildman–Crippen MR) is 79.2 cm³/mol. The summed E-state index contributed by atoms with van der Waals surface area (Å²) in [6.45, 7) is 0.203. The lowest BCUT2D eigenvalue weighted by atomic mass is 10.3. The van der Waals surface area contributed by atoms with Crippen LogP contribution in [0.2, 0.25) is 0 Å². The Hall–Kier alpha value is -2.67. The van der Waals surface area contributed by atoms with Crippen LogP contribution < -0.4 is 5.73 Å². The maximum atomic E-state index is 11.9. The fourth-order valence-electron chi connectivity index (χ4n) is 1.77. The van der Waals surface area contributed by atoms with Crippen LogP contribution in [0.5, 0.6) is 0 Å². The Labute approximate surface area is 124 Å². The highest BCUT2D eigenvalue weighted by Crippen LogP contribution is 2.13. The third-order valence-electron chi connectivity index (χ3n) is 2.76. The summed E-state index contributed by atoms with van der Waals surface area (Å²) < 4.78 is 6.76. The van der Waals surface area contributed by atoms with Crippen LogP contribution in [0.25, 0.3) is 5.69 Å². The quantitative estimate of drug-likeness (QED) is 0.590. The van der Waals surface area contributed by atoms with Gasteiger partial charge in [0, 0.05) is 18.1 Å². The molecule has 0 fully saturated rings. The molecule has 21 heavy (non-hydrogen) atoms. The van der Waals surface area contributed by atoms with Gasteiger partial charge >= 0.3 is 5.97 Å². The van der Waals surface area contributed by atoms with E-state index < -0.39 is 5.97 Å². The number of anilines is 1. The Morgan fingerprint density at radius 3 is 3.05 bits per heavy atom. The highest BCUT2D eigenvalue weighted by atomic mass is 32.1. The molecule has 2 heterocycles. The van der Waals surface area contributed by atoms with Crippen molar-refractivity contribution in [3.63, 3.8) is 0 Å². The molecule has 0 saturated carbocycles. The second kappa shape index (κ2) is 5.76. The van der Waals surface area contributed by atoms with Gasteiger partial charge in [-0.05, 0) is 24.3 Å². The Balaban J connectivity index is 1.71. The summed E-state index contributed by atoms with van der Waals surface area (Å²) in [4.78, 5) is 16.7. The SMILES string of the molecule is Nc1cccc(-n2ccc(C(=O)OCc3cncs3)n2)c1. The summed E-state index contributed by atoms with van der Waals surface area (Å²) in [6, 6.07) is 8.86. The van der Waals surface area contributed by atoms with E-state index >= 15 is 0 Å². The smallest absolute Gasteiger partial charge is 0.359 e. The van der Waals surface area contributed by atoms with E-state index in [9.17, 15) is 4.79 Å². The summed E-state index contributed by atoms with van der Waals surface area (Å²) in [6.07, 6.45) is 3.36. The van der Waals surface area contributed by atoms with Gasteiger partial charge in [-0.2, -0.15) is 5.10 Å². The van der Waals surface area contributed by atoms with Crippen LogP contribution in [0.4, 0.5) is 5.69 Å². The molecular formula is C14H12N4O2S. The van der Waals surface area contributed by atoms with Crippen LogP contribution in [0.15, 0.2) is 48.2 Å². The molecule has 1 aromatic carbocycles. The van der Waals surface area contributed by atoms with Gasteiger partial charge in [-0.15, -0.1) is 11.3 Å². The van der Waals surface area contributed by atoms with E-state index in [2.05, 4.69) is 10.1 Å². The van der Waals surface area contributed by atoms with Crippen molar-refractivity contribution in [1.29, 1.82) is 0 Å². The van der Waals surface area contributed by atoms with E-state index in [1.165, 1.54) is 11.3 Å². The minimum atomic E-state index is -0.467. The number of hydrogen-bond acceptors (Lipinski definition) is 6. The van der Waals surface area contributed by atoms with E-state index in [0.29, 0.717) is 5.69 Å². The summed E-state index contributed by atoms with van der Waals surface area (Å²) >= 11 is 1.44. The molecule has 0 aliphatic heterocycles. The van der Waals surface area contributed by atoms with Gasteiger partial charge in [-0.25, -0.2) is 9.48 Å². The molecule has 0 amide bonds. The maximum absolute atomic E-state index is 11.9. The van der Waals surface area contributed by atoms with Gasteiger partial charge in [0.15, 0.2) is 5.69 Å². The fraction of sp³-hybridized carbons (Fsp3) is 0.0714. The number of carbonyl (C=O) groups excluding carboxylic acids is 1. The molecule has 3 aromatic rings. The number of hydrogen-bond donors (Lipinski definition) is 1. The molecule has 2 aromatic heterocycles. The van der Waals surface area contributed by atoms with E-state index in [1.807, 2.05) is 12.1 Å². The Kier molecular flexibility index (Phi) is 3.65. The molecule has 3 rings (SSSR count). The van der Waals surface area contributed by atoms with Gasteiger partial charge < -0.3 is 10.5 Å². The van der Waals surface area contributed by atoms with Gasteiger partial charge in [0.2, 0.25) is 0 Å². The number of benzene rings is 1. The molecule has 0 atom stereocenters. The Morgan fingerprint density at radius 2 is 2.29 bits per heavy atom. The number of nitrogens with two attached hydrogens (primary N) is 1. The van der Waals surface area contributed by atoms with Crippen LogP contribution in [-0.2, 0) is 11.3 Å². The number of carbonyl (C=O) groups is 1. The highest BCUT2D eigenvalue weighted by molar-refractivity contribution is 7.09. The molecule has 0 radical (unpaired) electrons. The van der Waals surface area contributed by atoms with Crippen molar-refractivity contribution in [2.75, 3.05) is 5.73 Å². The third-order valence-corrected chi connectivity index (χ3v) is 3.52.